The highest BCUT2D eigenvalue weighted by Crippen LogP contribution is 2.24. The van der Waals surface area contributed by atoms with Crippen LogP contribution in [0.1, 0.15) is 42.5 Å². The minimum Gasteiger partial charge on any atom is -0.339 e. The van der Waals surface area contributed by atoms with E-state index in [0.717, 1.165) is 25.7 Å². The molecule has 0 aromatic heterocycles. The molecule has 0 saturated heterocycles. The van der Waals surface area contributed by atoms with Crippen LogP contribution in [0.3, 0.4) is 0 Å². The standard InChI is InChI=1S/C20H24N2O3S/c1-22(18-11-4-2-5-12-18)20(23)16-9-8-10-17(15-16)21-26(24,25)19-13-6-3-7-14-19/h3,6-10,13-15,18H,2,4-5,11-12H2,1H3,(H,21,24,25)/p+1. The zero-order chi connectivity index (χ0) is 18.6. The molecule has 0 bridgehead atoms. The Bertz CT molecular complexity index is 860. The van der Waals surface area contributed by atoms with Crippen molar-refractivity contribution >= 4 is 21.6 Å². The van der Waals surface area contributed by atoms with Crippen LogP contribution in [0.2, 0.25) is 0 Å². The number of hydrogen-bond acceptors (Lipinski definition) is 2. The van der Waals surface area contributed by atoms with Crippen LogP contribution >= 0.6 is 0 Å². The Morgan fingerprint density at radius 1 is 1.08 bits per heavy atom. The van der Waals surface area contributed by atoms with Crippen LogP contribution in [-0.4, -0.2) is 32.3 Å². The third kappa shape index (κ3) is 4.25. The van der Waals surface area contributed by atoms with Gasteiger partial charge in [-0.3, -0.25) is 4.79 Å². The first-order chi connectivity index (χ1) is 12.5. The number of benzene rings is 2. The largest absolute Gasteiger partial charge is 0.396 e. The molecule has 1 fully saturated rings. The van der Waals surface area contributed by atoms with Gasteiger partial charge in [0.2, 0.25) is 0 Å². The van der Waals surface area contributed by atoms with E-state index in [0.29, 0.717) is 16.1 Å². The van der Waals surface area contributed by atoms with Gasteiger partial charge in [0.15, 0.2) is 0 Å². The third-order valence-electron chi connectivity index (χ3n) is 4.87. The van der Waals surface area contributed by atoms with Gasteiger partial charge in [-0.05, 0) is 43.2 Å². The second-order valence-electron chi connectivity index (χ2n) is 6.73. The van der Waals surface area contributed by atoms with Gasteiger partial charge in [-0.15, -0.1) is 0 Å². The first-order valence-electron chi connectivity index (χ1n) is 8.94. The number of rotatable bonds is 5. The van der Waals surface area contributed by atoms with E-state index in [1.54, 1.807) is 54.6 Å². The van der Waals surface area contributed by atoms with Crippen LogP contribution in [0.15, 0.2) is 59.5 Å². The molecule has 1 atom stereocenters. The molecule has 6 heteroatoms. The quantitative estimate of drug-likeness (QED) is 0.803. The molecule has 1 aliphatic carbocycles. The van der Waals surface area contributed by atoms with Gasteiger partial charge >= 0.3 is 10.0 Å². The summed E-state index contributed by atoms with van der Waals surface area (Å²) in [6.45, 7) is 0. The van der Waals surface area contributed by atoms with E-state index < -0.39 is 10.0 Å². The van der Waals surface area contributed by atoms with Gasteiger partial charge in [0.25, 0.3) is 5.91 Å². The summed E-state index contributed by atoms with van der Waals surface area (Å²) < 4.78 is 25.5. The molecule has 2 N–H and O–H groups in total. The fourth-order valence-corrected chi connectivity index (χ4v) is 4.47. The minimum absolute atomic E-state index is 0.0512. The summed E-state index contributed by atoms with van der Waals surface area (Å²) in [5, 5.41) is 0. The molecule has 1 saturated carbocycles. The Labute approximate surface area is 155 Å². The number of anilines is 1. The Hall–Kier alpha value is -2.34. The summed E-state index contributed by atoms with van der Waals surface area (Å²) in [7, 11) is -1.58. The summed E-state index contributed by atoms with van der Waals surface area (Å²) in [6, 6.07) is 15.5. The van der Waals surface area contributed by atoms with Gasteiger partial charge in [-0.25, -0.2) is 8.93 Å². The summed E-state index contributed by atoms with van der Waals surface area (Å²) in [6.07, 6.45) is 5.64. The molecule has 5 nitrogen and oxygen atoms in total. The van der Waals surface area contributed by atoms with E-state index >= 15 is 0 Å². The van der Waals surface area contributed by atoms with E-state index in [-0.39, 0.29) is 11.9 Å². The Balaban J connectivity index is 1.76. The Morgan fingerprint density at radius 2 is 1.77 bits per heavy atom. The fraction of sp³-hybridized carbons (Fsp3) is 0.350. The van der Waals surface area contributed by atoms with Crippen LogP contribution in [0.5, 0.6) is 0 Å². The van der Waals surface area contributed by atoms with E-state index in [4.69, 9.17) is 0 Å². The predicted octanol–water partition coefficient (Wildman–Crippen LogP) is 4.05. The van der Waals surface area contributed by atoms with Crippen molar-refractivity contribution in [1.29, 1.82) is 0 Å². The highest BCUT2D eigenvalue weighted by atomic mass is 32.2. The topological polar surface area (TPSA) is 70.8 Å². The van der Waals surface area contributed by atoms with Crippen molar-refractivity contribution in [3.63, 3.8) is 0 Å². The molecular weight excluding hydrogens is 348 g/mol. The molecule has 1 amide bonds. The molecule has 138 valence electrons. The fourth-order valence-electron chi connectivity index (χ4n) is 3.38. The average molecular weight is 373 g/mol. The molecule has 0 spiro atoms. The lowest BCUT2D eigenvalue weighted by Gasteiger charge is -2.31. The summed E-state index contributed by atoms with van der Waals surface area (Å²) in [5.41, 5.74) is 0.968. The lowest BCUT2D eigenvalue weighted by Crippen LogP contribution is -2.38. The maximum Gasteiger partial charge on any atom is 0.396 e. The highest BCUT2D eigenvalue weighted by molar-refractivity contribution is 7.92. The number of nitrogens with one attached hydrogen (secondary N) is 1. The number of amides is 1. The normalized spacial score (nSPS) is 17.3. The van der Waals surface area contributed by atoms with E-state index in [1.165, 1.54) is 6.42 Å². The van der Waals surface area contributed by atoms with Crippen LogP contribution < -0.4 is 4.72 Å². The molecule has 3 rings (SSSR count). The molecule has 1 aliphatic rings. The number of carbonyl (C=O) groups excluding carboxylic acids is 1. The number of hydrogen-bond donors (Lipinski definition) is 1. The molecule has 0 aliphatic heterocycles. The number of carbonyl (C=O) groups is 1. The van der Waals surface area contributed by atoms with Crippen molar-refractivity contribution in [3.8, 4) is 0 Å². The molecular formula is C20H25N2O3S+. The van der Waals surface area contributed by atoms with Crippen LogP contribution in [0, 0.1) is 0 Å². The van der Waals surface area contributed by atoms with Crippen molar-refractivity contribution < 1.29 is 13.2 Å². The zero-order valence-corrected chi connectivity index (χ0v) is 15.7. The first-order valence-corrected chi connectivity index (χ1v) is 10.5. The Morgan fingerprint density at radius 3 is 2.46 bits per heavy atom. The molecule has 1 unspecified atom stereocenters. The highest BCUT2D eigenvalue weighted by Gasteiger charge is 2.24. The average Bonchev–Trinajstić information content (AvgIpc) is 2.68. The van der Waals surface area contributed by atoms with Crippen molar-refractivity contribution in [1.82, 2.24) is 4.90 Å². The van der Waals surface area contributed by atoms with Gasteiger partial charge in [-0.2, -0.15) is 4.21 Å². The SMILES string of the molecule is CN(C(=O)c1cccc(NS(=O)(=[OH+])c2ccccc2)c1)C1CCCCC1. The van der Waals surface area contributed by atoms with Gasteiger partial charge < -0.3 is 4.90 Å². The predicted molar refractivity (Wildman–Crippen MR) is 104 cm³/mol. The van der Waals surface area contributed by atoms with Crippen molar-refractivity contribution in [2.75, 3.05) is 11.8 Å². The van der Waals surface area contributed by atoms with Crippen molar-refractivity contribution in [2.24, 2.45) is 0 Å². The van der Waals surface area contributed by atoms with Crippen molar-refractivity contribution in [2.45, 2.75) is 43.0 Å². The first kappa shape index (κ1) is 18.5. The smallest absolute Gasteiger partial charge is 0.339 e. The molecule has 0 heterocycles. The third-order valence-corrected chi connectivity index (χ3v) is 6.29. The molecule has 2 aromatic carbocycles. The monoisotopic (exact) mass is 373 g/mol. The second kappa shape index (κ2) is 7.91. The van der Waals surface area contributed by atoms with Gasteiger partial charge in [0.1, 0.15) is 4.90 Å². The van der Waals surface area contributed by atoms with E-state index in [9.17, 15) is 13.2 Å². The maximum absolute atomic E-state index is 12.8. The van der Waals surface area contributed by atoms with Gasteiger partial charge in [0.05, 0.1) is 5.69 Å². The van der Waals surface area contributed by atoms with E-state index in [2.05, 4.69) is 4.72 Å². The van der Waals surface area contributed by atoms with Crippen LogP contribution in [0.25, 0.3) is 0 Å². The van der Waals surface area contributed by atoms with Crippen LogP contribution in [-0.2, 0) is 10.0 Å². The summed E-state index contributed by atoms with van der Waals surface area (Å²) in [5.74, 6) is -0.0512. The molecule has 26 heavy (non-hydrogen) atoms. The van der Waals surface area contributed by atoms with E-state index in [1.807, 2.05) is 11.9 Å². The number of nitrogens with zero attached hydrogens (tertiary/aromatic N) is 1. The maximum atomic E-state index is 12.8. The Kier molecular flexibility index (Phi) is 5.61. The van der Waals surface area contributed by atoms with Gasteiger partial charge in [-0.1, -0.05) is 43.5 Å². The summed E-state index contributed by atoms with van der Waals surface area (Å²) >= 11 is 0. The molecule has 0 radical (unpaired) electrons. The zero-order valence-electron chi connectivity index (χ0n) is 14.9. The lowest BCUT2D eigenvalue weighted by atomic mass is 9.94. The summed E-state index contributed by atoms with van der Waals surface area (Å²) in [4.78, 5) is 14.9. The van der Waals surface area contributed by atoms with Gasteiger partial charge in [0, 0.05) is 18.7 Å². The molecule has 2 aromatic rings. The van der Waals surface area contributed by atoms with Crippen LogP contribution in [0.4, 0.5) is 5.69 Å². The van der Waals surface area contributed by atoms with Crippen molar-refractivity contribution in [3.05, 3.63) is 60.2 Å². The second-order valence-corrected chi connectivity index (χ2v) is 8.46. The lowest BCUT2D eigenvalue weighted by molar-refractivity contribution is 0.0696. The minimum atomic E-state index is -3.42.